The molecule has 1 rings (SSSR count). The molecule has 0 saturated carbocycles. The lowest BCUT2D eigenvalue weighted by Crippen LogP contribution is -2.29. The summed E-state index contributed by atoms with van der Waals surface area (Å²) >= 11 is 6.02. The van der Waals surface area contributed by atoms with Gasteiger partial charge >= 0.3 is 5.97 Å². The Morgan fingerprint density at radius 1 is 1.44 bits per heavy atom. The van der Waals surface area contributed by atoms with Gasteiger partial charge in [0.05, 0.1) is 11.4 Å². The minimum Gasteiger partial charge on any atom is -0.543 e. The van der Waals surface area contributed by atoms with Crippen LogP contribution in [0, 0.1) is 0 Å². The van der Waals surface area contributed by atoms with Crippen LogP contribution in [0.25, 0.3) is 0 Å². The van der Waals surface area contributed by atoms with Gasteiger partial charge in [-0.05, 0) is 37.3 Å². The van der Waals surface area contributed by atoms with E-state index < -0.39 is 14.3 Å². The highest BCUT2D eigenvalue weighted by Gasteiger charge is 2.18. The van der Waals surface area contributed by atoms with Crippen molar-refractivity contribution in [3.8, 4) is 5.75 Å². The van der Waals surface area contributed by atoms with E-state index in [1.54, 1.807) is 18.2 Å². The zero-order chi connectivity index (χ0) is 12.3. The number of aliphatic carboxylic acids is 1. The second-order valence-electron chi connectivity index (χ2n) is 4.55. The predicted octanol–water partition coefficient (Wildman–Crippen LogP) is 3.18. The number of hydrogen-bond acceptors (Lipinski definition) is 2. The minimum absolute atomic E-state index is 0.0209. The van der Waals surface area contributed by atoms with Gasteiger partial charge in [-0.3, -0.25) is 4.79 Å². The van der Waals surface area contributed by atoms with Gasteiger partial charge in [-0.2, -0.15) is 0 Å². The van der Waals surface area contributed by atoms with E-state index in [1.165, 1.54) is 0 Å². The average Bonchev–Trinajstić information content (AvgIpc) is 2.06. The zero-order valence-corrected chi connectivity index (χ0v) is 11.3. The second kappa shape index (κ2) is 4.89. The van der Waals surface area contributed by atoms with E-state index in [-0.39, 0.29) is 6.42 Å². The lowest BCUT2D eigenvalue weighted by atomic mass is 10.1. The van der Waals surface area contributed by atoms with Gasteiger partial charge in [0.1, 0.15) is 5.75 Å². The summed E-state index contributed by atoms with van der Waals surface area (Å²) in [6, 6.07) is 5.11. The first-order chi connectivity index (χ1) is 7.28. The fourth-order valence-corrected chi connectivity index (χ4v) is 2.39. The molecule has 0 unspecified atom stereocenters. The van der Waals surface area contributed by atoms with Gasteiger partial charge in [-0.25, -0.2) is 0 Å². The number of rotatable bonds is 4. The van der Waals surface area contributed by atoms with Crippen LogP contribution in [0.2, 0.25) is 24.7 Å². The van der Waals surface area contributed by atoms with E-state index in [4.69, 9.17) is 21.1 Å². The van der Waals surface area contributed by atoms with Crippen LogP contribution >= 0.6 is 11.6 Å². The first-order valence-corrected chi connectivity index (χ1v) is 8.76. The fraction of sp³-hybridized carbons (Fsp3) is 0.364. The van der Waals surface area contributed by atoms with Gasteiger partial charge in [-0.15, -0.1) is 0 Å². The standard InChI is InChI=1S/C11H15ClO3Si/c1-16(2,3)15-10-5-4-8(6-9(10)12)7-11(13)14/h4-6H,7H2,1-3H3,(H,13,14). The number of hydrogen-bond donors (Lipinski definition) is 1. The average molecular weight is 259 g/mol. The third kappa shape index (κ3) is 4.24. The third-order valence-electron chi connectivity index (χ3n) is 1.77. The topological polar surface area (TPSA) is 46.5 Å². The Hall–Kier alpha value is -1.00. The fourth-order valence-electron chi connectivity index (χ4n) is 1.24. The van der Waals surface area contributed by atoms with Crippen molar-refractivity contribution in [1.29, 1.82) is 0 Å². The van der Waals surface area contributed by atoms with Crippen molar-refractivity contribution in [3.63, 3.8) is 0 Å². The molecule has 0 amide bonds. The van der Waals surface area contributed by atoms with E-state index in [1.807, 2.05) is 0 Å². The maximum absolute atomic E-state index is 10.5. The van der Waals surface area contributed by atoms with Crippen LogP contribution < -0.4 is 4.43 Å². The van der Waals surface area contributed by atoms with E-state index in [0.29, 0.717) is 16.3 Å². The minimum atomic E-state index is -1.68. The summed E-state index contributed by atoms with van der Waals surface area (Å²) < 4.78 is 5.75. The highest BCUT2D eigenvalue weighted by Crippen LogP contribution is 2.27. The van der Waals surface area contributed by atoms with Gasteiger partial charge < -0.3 is 9.53 Å². The highest BCUT2D eigenvalue weighted by atomic mass is 35.5. The molecule has 0 saturated heterocycles. The molecule has 1 aromatic carbocycles. The Labute approximate surface area is 101 Å². The van der Waals surface area contributed by atoms with E-state index in [0.717, 1.165) is 0 Å². The largest absolute Gasteiger partial charge is 0.543 e. The molecular formula is C11H15ClO3Si. The zero-order valence-electron chi connectivity index (χ0n) is 9.58. The van der Waals surface area contributed by atoms with Gasteiger partial charge in [0.2, 0.25) is 8.32 Å². The quantitative estimate of drug-likeness (QED) is 0.844. The van der Waals surface area contributed by atoms with Gasteiger partial charge in [-0.1, -0.05) is 17.7 Å². The van der Waals surface area contributed by atoms with Crippen molar-refractivity contribution in [2.75, 3.05) is 0 Å². The van der Waals surface area contributed by atoms with Crippen LogP contribution in [0.1, 0.15) is 5.56 Å². The van der Waals surface area contributed by atoms with Crippen LogP contribution in [0.15, 0.2) is 18.2 Å². The van der Waals surface area contributed by atoms with Gasteiger partial charge in [0.15, 0.2) is 0 Å². The summed E-state index contributed by atoms with van der Waals surface area (Å²) in [6.45, 7) is 6.19. The van der Waals surface area contributed by atoms with Crippen molar-refractivity contribution in [2.45, 2.75) is 26.1 Å². The summed E-state index contributed by atoms with van der Waals surface area (Å²) in [6.07, 6.45) is -0.0209. The molecule has 3 nitrogen and oxygen atoms in total. The first kappa shape index (κ1) is 13.1. The summed E-state index contributed by atoms with van der Waals surface area (Å²) in [5.74, 6) is -0.232. The lowest BCUT2D eigenvalue weighted by molar-refractivity contribution is -0.136. The molecule has 0 atom stereocenters. The summed E-state index contributed by atoms with van der Waals surface area (Å²) in [4.78, 5) is 10.5. The van der Waals surface area contributed by atoms with Crippen LogP contribution in [-0.2, 0) is 11.2 Å². The van der Waals surface area contributed by atoms with Crippen molar-refractivity contribution >= 4 is 25.9 Å². The Morgan fingerprint density at radius 2 is 2.06 bits per heavy atom. The molecule has 0 aliphatic carbocycles. The normalized spacial score (nSPS) is 11.2. The van der Waals surface area contributed by atoms with Gasteiger partial charge in [0, 0.05) is 0 Å². The maximum Gasteiger partial charge on any atom is 0.307 e. The van der Waals surface area contributed by atoms with Gasteiger partial charge in [0.25, 0.3) is 0 Å². The van der Waals surface area contributed by atoms with E-state index >= 15 is 0 Å². The number of carboxylic acids is 1. The molecule has 0 spiro atoms. The molecular weight excluding hydrogens is 244 g/mol. The summed E-state index contributed by atoms with van der Waals surface area (Å²) in [7, 11) is -1.68. The SMILES string of the molecule is C[Si](C)(C)Oc1ccc(CC(=O)O)cc1Cl. The Morgan fingerprint density at radius 3 is 2.50 bits per heavy atom. The molecule has 0 radical (unpaired) electrons. The van der Waals surface area contributed by atoms with Crippen LogP contribution in [0.4, 0.5) is 0 Å². The smallest absolute Gasteiger partial charge is 0.307 e. The van der Waals surface area contributed by atoms with Crippen molar-refractivity contribution in [2.24, 2.45) is 0 Å². The number of carbonyl (C=O) groups is 1. The monoisotopic (exact) mass is 258 g/mol. The number of carboxylic acid groups (broad SMARTS) is 1. The number of halogens is 1. The molecule has 0 aromatic heterocycles. The maximum atomic E-state index is 10.5. The lowest BCUT2D eigenvalue weighted by Gasteiger charge is -2.20. The third-order valence-corrected chi connectivity index (χ3v) is 2.90. The van der Waals surface area contributed by atoms with Crippen molar-refractivity contribution < 1.29 is 14.3 Å². The molecule has 0 fully saturated rings. The molecule has 0 bridgehead atoms. The van der Waals surface area contributed by atoms with Crippen molar-refractivity contribution in [1.82, 2.24) is 0 Å². The van der Waals surface area contributed by atoms with E-state index in [9.17, 15) is 4.79 Å². The summed E-state index contributed by atoms with van der Waals surface area (Å²) in [5.41, 5.74) is 0.681. The predicted molar refractivity (Wildman–Crippen MR) is 66.8 cm³/mol. The molecule has 0 aliphatic heterocycles. The van der Waals surface area contributed by atoms with Crippen LogP contribution in [0.5, 0.6) is 5.75 Å². The molecule has 1 N–H and O–H groups in total. The first-order valence-electron chi connectivity index (χ1n) is 4.97. The molecule has 0 heterocycles. The van der Waals surface area contributed by atoms with Crippen molar-refractivity contribution in [3.05, 3.63) is 28.8 Å². The Bertz CT molecular complexity index is 399. The molecule has 1 aromatic rings. The number of benzene rings is 1. The molecule has 88 valence electrons. The Kier molecular flexibility index (Phi) is 3.99. The second-order valence-corrected chi connectivity index (χ2v) is 9.39. The van der Waals surface area contributed by atoms with Crippen LogP contribution in [0.3, 0.4) is 0 Å². The van der Waals surface area contributed by atoms with E-state index in [2.05, 4.69) is 19.6 Å². The Balaban J connectivity index is 2.87. The summed E-state index contributed by atoms with van der Waals surface area (Å²) in [5, 5.41) is 9.12. The molecule has 0 aliphatic rings. The molecule has 16 heavy (non-hydrogen) atoms. The molecule has 5 heteroatoms. The van der Waals surface area contributed by atoms with Crippen LogP contribution in [-0.4, -0.2) is 19.4 Å². The highest BCUT2D eigenvalue weighted by molar-refractivity contribution is 6.70.